The molecule has 0 spiro atoms. The summed E-state index contributed by atoms with van der Waals surface area (Å²) in [5.74, 6) is 1.03. The third-order valence-corrected chi connectivity index (χ3v) is 4.31. The van der Waals surface area contributed by atoms with Gasteiger partial charge in [0, 0.05) is 44.2 Å². The zero-order chi connectivity index (χ0) is 14.7. The number of aromatic nitrogens is 3. The molecule has 6 nitrogen and oxygen atoms in total. The summed E-state index contributed by atoms with van der Waals surface area (Å²) in [6.07, 6.45) is 1.08. The topological polar surface area (TPSA) is 71.2 Å². The SMILES string of the molecule is Nc1nc(Cl)cc(N2CCCN(Cc3cscn3)CC2)n1. The molecule has 1 fully saturated rings. The molecule has 0 radical (unpaired) electrons. The number of hydrogen-bond acceptors (Lipinski definition) is 7. The first kappa shape index (κ1) is 14.5. The molecule has 0 amide bonds. The van der Waals surface area contributed by atoms with Crippen LogP contribution in [0.1, 0.15) is 12.1 Å². The lowest BCUT2D eigenvalue weighted by atomic mass is 10.3. The minimum Gasteiger partial charge on any atom is -0.368 e. The first-order valence-corrected chi connectivity index (χ1v) is 8.17. The van der Waals surface area contributed by atoms with Crippen LogP contribution in [0.25, 0.3) is 0 Å². The fourth-order valence-electron chi connectivity index (χ4n) is 2.49. The minimum absolute atomic E-state index is 0.223. The smallest absolute Gasteiger partial charge is 0.223 e. The summed E-state index contributed by atoms with van der Waals surface area (Å²) in [7, 11) is 0. The minimum atomic E-state index is 0.223. The van der Waals surface area contributed by atoms with E-state index in [0.717, 1.165) is 50.7 Å². The fourth-order valence-corrected chi connectivity index (χ4v) is 3.22. The van der Waals surface area contributed by atoms with Gasteiger partial charge in [0.05, 0.1) is 11.2 Å². The predicted octanol–water partition coefficient (Wildman–Crippen LogP) is 1.88. The quantitative estimate of drug-likeness (QED) is 0.869. The van der Waals surface area contributed by atoms with Crippen LogP contribution in [0.15, 0.2) is 17.0 Å². The average Bonchev–Trinajstić information content (AvgIpc) is 2.82. The zero-order valence-electron chi connectivity index (χ0n) is 11.6. The first-order valence-electron chi connectivity index (χ1n) is 6.85. The molecule has 0 saturated carbocycles. The van der Waals surface area contributed by atoms with E-state index in [-0.39, 0.29) is 5.95 Å². The van der Waals surface area contributed by atoms with Gasteiger partial charge in [-0.2, -0.15) is 4.98 Å². The molecule has 1 saturated heterocycles. The molecule has 0 aromatic carbocycles. The van der Waals surface area contributed by atoms with E-state index >= 15 is 0 Å². The molecule has 0 atom stereocenters. The van der Waals surface area contributed by atoms with Gasteiger partial charge >= 0.3 is 0 Å². The van der Waals surface area contributed by atoms with E-state index in [1.807, 2.05) is 5.51 Å². The number of nitrogens with zero attached hydrogens (tertiary/aromatic N) is 5. The second-order valence-electron chi connectivity index (χ2n) is 5.00. The Morgan fingerprint density at radius 1 is 1.24 bits per heavy atom. The van der Waals surface area contributed by atoms with Crippen molar-refractivity contribution in [2.24, 2.45) is 0 Å². The Labute approximate surface area is 132 Å². The number of thiazole rings is 1. The lowest BCUT2D eigenvalue weighted by Crippen LogP contribution is -2.31. The molecule has 0 unspecified atom stereocenters. The molecular formula is C13H17ClN6S. The first-order chi connectivity index (χ1) is 10.2. The number of hydrogen-bond donors (Lipinski definition) is 1. The van der Waals surface area contributed by atoms with E-state index in [2.05, 4.69) is 30.1 Å². The van der Waals surface area contributed by atoms with Gasteiger partial charge in [-0.3, -0.25) is 4.90 Å². The maximum absolute atomic E-state index is 5.96. The Morgan fingerprint density at radius 2 is 2.14 bits per heavy atom. The highest BCUT2D eigenvalue weighted by molar-refractivity contribution is 7.07. The summed E-state index contributed by atoms with van der Waals surface area (Å²) in [6, 6.07) is 1.77. The molecule has 2 aromatic rings. The summed E-state index contributed by atoms with van der Waals surface area (Å²) >= 11 is 7.60. The lowest BCUT2D eigenvalue weighted by molar-refractivity contribution is 0.282. The third kappa shape index (κ3) is 3.81. The number of halogens is 1. The van der Waals surface area contributed by atoms with Gasteiger partial charge in [0.1, 0.15) is 11.0 Å². The molecular weight excluding hydrogens is 308 g/mol. The van der Waals surface area contributed by atoms with Gasteiger partial charge in [-0.15, -0.1) is 11.3 Å². The fraction of sp³-hybridized carbons (Fsp3) is 0.462. The maximum Gasteiger partial charge on any atom is 0.223 e. The summed E-state index contributed by atoms with van der Waals surface area (Å²) in [6.45, 7) is 4.78. The van der Waals surface area contributed by atoms with E-state index in [1.54, 1.807) is 17.4 Å². The zero-order valence-corrected chi connectivity index (χ0v) is 13.1. The van der Waals surface area contributed by atoms with E-state index in [4.69, 9.17) is 17.3 Å². The molecule has 1 aliphatic rings. The van der Waals surface area contributed by atoms with Gasteiger partial charge in [-0.25, -0.2) is 9.97 Å². The Morgan fingerprint density at radius 3 is 2.90 bits per heavy atom. The predicted molar refractivity (Wildman–Crippen MR) is 85.7 cm³/mol. The number of nitrogens with two attached hydrogens (primary N) is 1. The van der Waals surface area contributed by atoms with Crippen molar-refractivity contribution in [1.29, 1.82) is 0 Å². The number of anilines is 2. The standard InChI is InChI=1S/C13H17ClN6S/c14-11-6-12(18-13(15)17-11)20-3-1-2-19(4-5-20)7-10-8-21-9-16-10/h6,8-9H,1-5,7H2,(H2,15,17,18). The Kier molecular flexibility index (Phi) is 4.52. The molecule has 2 aromatic heterocycles. The van der Waals surface area contributed by atoms with Gasteiger partial charge in [-0.1, -0.05) is 11.6 Å². The van der Waals surface area contributed by atoms with Crippen molar-refractivity contribution in [3.05, 3.63) is 27.8 Å². The molecule has 112 valence electrons. The lowest BCUT2D eigenvalue weighted by Gasteiger charge is -2.22. The Bertz CT molecular complexity index is 570. The second-order valence-corrected chi connectivity index (χ2v) is 6.11. The van der Waals surface area contributed by atoms with Crippen molar-refractivity contribution in [3.63, 3.8) is 0 Å². The van der Waals surface area contributed by atoms with Crippen LogP contribution >= 0.6 is 22.9 Å². The summed E-state index contributed by atoms with van der Waals surface area (Å²) in [4.78, 5) is 17.2. The van der Waals surface area contributed by atoms with Gasteiger partial charge in [0.2, 0.25) is 5.95 Å². The highest BCUT2D eigenvalue weighted by atomic mass is 35.5. The van der Waals surface area contributed by atoms with Crippen molar-refractivity contribution in [3.8, 4) is 0 Å². The highest BCUT2D eigenvalue weighted by Crippen LogP contribution is 2.19. The van der Waals surface area contributed by atoms with Crippen LogP contribution < -0.4 is 10.6 Å². The Hall–Kier alpha value is -1.44. The molecule has 0 bridgehead atoms. The monoisotopic (exact) mass is 324 g/mol. The van der Waals surface area contributed by atoms with Crippen LogP contribution in [0.5, 0.6) is 0 Å². The van der Waals surface area contributed by atoms with Crippen molar-refractivity contribution >= 4 is 34.7 Å². The van der Waals surface area contributed by atoms with Crippen molar-refractivity contribution < 1.29 is 0 Å². The largest absolute Gasteiger partial charge is 0.368 e. The average molecular weight is 325 g/mol. The molecule has 0 aliphatic carbocycles. The van der Waals surface area contributed by atoms with E-state index in [1.165, 1.54) is 0 Å². The van der Waals surface area contributed by atoms with Crippen LogP contribution in [0.2, 0.25) is 5.15 Å². The van der Waals surface area contributed by atoms with Crippen LogP contribution in [-0.2, 0) is 6.54 Å². The third-order valence-electron chi connectivity index (χ3n) is 3.48. The molecule has 3 rings (SSSR count). The van der Waals surface area contributed by atoms with Crippen molar-refractivity contribution in [1.82, 2.24) is 19.9 Å². The molecule has 8 heteroatoms. The van der Waals surface area contributed by atoms with Crippen molar-refractivity contribution in [2.75, 3.05) is 36.8 Å². The van der Waals surface area contributed by atoms with Gasteiger partial charge < -0.3 is 10.6 Å². The van der Waals surface area contributed by atoms with E-state index in [0.29, 0.717) is 5.15 Å². The maximum atomic E-state index is 5.96. The molecule has 1 aliphatic heterocycles. The van der Waals surface area contributed by atoms with Crippen LogP contribution in [0, 0.1) is 0 Å². The van der Waals surface area contributed by atoms with Gasteiger partial charge in [0.15, 0.2) is 0 Å². The van der Waals surface area contributed by atoms with E-state index < -0.39 is 0 Å². The Balaban J connectivity index is 1.65. The molecule has 21 heavy (non-hydrogen) atoms. The van der Waals surface area contributed by atoms with Crippen LogP contribution in [-0.4, -0.2) is 46.0 Å². The van der Waals surface area contributed by atoms with Crippen LogP contribution in [0.4, 0.5) is 11.8 Å². The highest BCUT2D eigenvalue weighted by Gasteiger charge is 2.17. The molecule has 2 N–H and O–H groups in total. The normalized spacial score (nSPS) is 16.9. The molecule has 3 heterocycles. The van der Waals surface area contributed by atoms with Gasteiger partial charge in [0.25, 0.3) is 0 Å². The van der Waals surface area contributed by atoms with Crippen LogP contribution in [0.3, 0.4) is 0 Å². The van der Waals surface area contributed by atoms with E-state index in [9.17, 15) is 0 Å². The summed E-state index contributed by atoms with van der Waals surface area (Å²) in [5, 5.41) is 2.49. The summed E-state index contributed by atoms with van der Waals surface area (Å²) in [5.41, 5.74) is 8.69. The second kappa shape index (κ2) is 6.55. The van der Waals surface area contributed by atoms with Crippen molar-refractivity contribution in [2.45, 2.75) is 13.0 Å². The van der Waals surface area contributed by atoms with Gasteiger partial charge in [-0.05, 0) is 6.42 Å². The number of rotatable bonds is 3. The number of nitrogen functional groups attached to an aromatic ring is 1. The summed E-state index contributed by atoms with van der Waals surface area (Å²) < 4.78 is 0.